The lowest BCUT2D eigenvalue weighted by atomic mass is 9.90. The van der Waals surface area contributed by atoms with Crippen molar-refractivity contribution in [2.75, 3.05) is 5.32 Å². The Labute approximate surface area is 146 Å². The van der Waals surface area contributed by atoms with E-state index in [0.717, 1.165) is 31.5 Å². The fourth-order valence-electron chi connectivity index (χ4n) is 2.96. The van der Waals surface area contributed by atoms with Crippen molar-refractivity contribution in [3.05, 3.63) is 33.9 Å². The summed E-state index contributed by atoms with van der Waals surface area (Å²) in [5.74, 6) is 1.35. The molecule has 3 aromatic heterocycles. The molecule has 118 valence electrons. The third-order valence-electron chi connectivity index (χ3n) is 4.13. The summed E-state index contributed by atoms with van der Waals surface area (Å²) in [5, 5.41) is 13.9. The third kappa shape index (κ3) is 3.35. The molecule has 3 heterocycles. The number of aromatic nitrogens is 4. The van der Waals surface area contributed by atoms with E-state index < -0.39 is 0 Å². The van der Waals surface area contributed by atoms with Crippen LogP contribution in [0, 0.1) is 0 Å². The second kappa shape index (κ2) is 6.49. The molecule has 0 unspecified atom stereocenters. The predicted molar refractivity (Wildman–Crippen MR) is 96.3 cm³/mol. The summed E-state index contributed by atoms with van der Waals surface area (Å²) in [4.78, 5) is 8.92. The Kier molecular flexibility index (Phi) is 4.22. The molecule has 1 N–H and O–H groups in total. The lowest BCUT2D eigenvalue weighted by Gasteiger charge is -2.18. The third-order valence-corrected chi connectivity index (χ3v) is 5.57. The van der Waals surface area contributed by atoms with E-state index >= 15 is 0 Å². The number of pyridine rings is 2. The van der Waals surface area contributed by atoms with Crippen molar-refractivity contribution in [3.63, 3.8) is 0 Å². The average molecular weight is 390 g/mol. The largest absolute Gasteiger partial charge is 0.315 e. The van der Waals surface area contributed by atoms with Crippen molar-refractivity contribution in [1.29, 1.82) is 0 Å². The lowest BCUT2D eigenvalue weighted by molar-refractivity contribution is 0.440. The van der Waals surface area contributed by atoms with Gasteiger partial charge in [-0.15, -0.1) is 10.2 Å². The number of hydrogen-bond acceptors (Lipinski definition) is 6. The highest BCUT2D eigenvalue weighted by Crippen LogP contribution is 2.35. The minimum Gasteiger partial charge on any atom is -0.315 e. The van der Waals surface area contributed by atoms with E-state index in [2.05, 4.69) is 41.4 Å². The second-order valence-electron chi connectivity index (χ2n) is 5.79. The van der Waals surface area contributed by atoms with Crippen LogP contribution in [0.4, 0.5) is 10.9 Å². The number of halogens is 1. The number of hydrogen-bond donors (Lipinski definition) is 1. The summed E-state index contributed by atoms with van der Waals surface area (Å²) in [6, 6.07) is 5.84. The van der Waals surface area contributed by atoms with Crippen LogP contribution in [-0.2, 0) is 0 Å². The van der Waals surface area contributed by atoms with Gasteiger partial charge in [-0.05, 0) is 47.0 Å². The molecule has 1 fully saturated rings. The van der Waals surface area contributed by atoms with Gasteiger partial charge in [0, 0.05) is 16.6 Å². The molecule has 23 heavy (non-hydrogen) atoms. The molecule has 3 aromatic rings. The highest BCUT2D eigenvalue weighted by atomic mass is 79.9. The molecule has 0 radical (unpaired) electrons. The Morgan fingerprint density at radius 1 is 1.09 bits per heavy atom. The number of nitrogens with one attached hydrogen (secondary N) is 1. The van der Waals surface area contributed by atoms with Gasteiger partial charge in [0.1, 0.15) is 10.8 Å². The maximum absolute atomic E-state index is 4.59. The molecule has 0 amide bonds. The van der Waals surface area contributed by atoms with E-state index in [0.29, 0.717) is 5.92 Å². The minimum atomic E-state index is 0.585. The first-order chi connectivity index (χ1) is 11.3. The highest BCUT2D eigenvalue weighted by Gasteiger charge is 2.19. The van der Waals surface area contributed by atoms with Gasteiger partial charge in [-0.3, -0.25) is 4.98 Å². The van der Waals surface area contributed by atoms with Gasteiger partial charge in [-0.1, -0.05) is 30.6 Å². The van der Waals surface area contributed by atoms with Gasteiger partial charge in [0.25, 0.3) is 0 Å². The molecule has 1 aliphatic carbocycles. The topological polar surface area (TPSA) is 63.6 Å². The molecule has 4 rings (SSSR count). The van der Waals surface area contributed by atoms with Gasteiger partial charge < -0.3 is 5.32 Å². The molecule has 0 aromatic carbocycles. The molecule has 1 saturated carbocycles. The summed E-state index contributed by atoms with van der Waals surface area (Å²) in [7, 11) is 0. The standard InChI is InChI=1S/C16H16BrN5S/c17-11-8-13-12(18-9-11)6-7-14(19-13)20-16-22-21-15(23-16)10-4-2-1-3-5-10/h6-10H,1-5H2,(H,19,20,22). The van der Waals surface area contributed by atoms with Crippen LogP contribution in [0.2, 0.25) is 0 Å². The summed E-state index contributed by atoms with van der Waals surface area (Å²) < 4.78 is 0.921. The zero-order valence-corrected chi connectivity index (χ0v) is 14.9. The van der Waals surface area contributed by atoms with Gasteiger partial charge in [0.2, 0.25) is 5.13 Å². The van der Waals surface area contributed by atoms with Gasteiger partial charge in [0.05, 0.1) is 11.0 Å². The number of fused-ring (bicyclic) bond motifs is 1. The highest BCUT2D eigenvalue weighted by molar-refractivity contribution is 9.10. The van der Waals surface area contributed by atoms with Crippen LogP contribution in [-0.4, -0.2) is 20.2 Å². The smallest absolute Gasteiger partial charge is 0.211 e. The second-order valence-corrected chi connectivity index (χ2v) is 7.72. The maximum Gasteiger partial charge on any atom is 0.211 e. The Morgan fingerprint density at radius 3 is 2.83 bits per heavy atom. The number of nitrogens with zero attached hydrogens (tertiary/aromatic N) is 4. The van der Waals surface area contributed by atoms with Crippen molar-refractivity contribution in [2.45, 2.75) is 38.0 Å². The zero-order chi connectivity index (χ0) is 15.6. The van der Waals surface area contributed by atoms with E-state index in [1.807, 2.05) is 18.2 Å². The van der Waals surface area contributed by atoms with E-state index in [1.165, 1.54) is 32.1 Å². The Bertz CT molecular complexity index is 828. The summed E-state index contributed by atoms with van der Waals surface area (Å²) >= 11 is 5.07. The van der Waals surface area contributed by atoms with Crippen molar-refractivity contribution in [3.8, 4) is 0 Å². The van der Waals surface area contributed by atoms with Crippen molar-refractivity contribution in [2.24, 2.45) is 0 Å². The first-order valence-electron chi connectivity index (χ1n) is 7.81. The molecular weight excluding hydrogens is 374 g/mol. The molecule has 7 heteroatoms. The van der Waals surface area contributed by atoms with Crippen LogP contribution in [0.5, 0.6) is 0 Å². The van der Waals surface area contributed by atoms with E-state index in [9.17, 15) is 0 Å². The van der Waals surface area contributed by atoms with E-state index in [4.69, 9.17) is 0 Å². The van der Waals surface area contributed by atoms with Crippen molar-refractivity contribution in [1.82, 2.24) is 20.2 Å². The van der Waals surface area contributed by atoms with Crippen LogP contribution in [0.3, 0.4) is 0 Å². The Balaban J connectivity index is 1.54. The van der Waals surface area contributed by atoms with Crippen molar-refractivity contribution >= 4 is 49.2 Å². The summed E-state index contributed by atoms with van der Waals surface area (Å²) in [6.45, 7) is 0. The maximum atomic E-state index is 4.59. The van der Waals surface area contributed by atoms with Gasteiger partial charge in [0.15, 0.2) is 0 Å². The first-order valence-corrected chi connectivity index (χ1v) is 9.41. The number of anilines is 2. The van der Waals surface area contributed by atoms with Crippen molar-refractivity contribution < 1.29 is 0 Å². The van der Waals surface area contributed by atoms with E-state index in [1.54, 1.807) is 17.5 Å². The van der Waals surface area contributed by atoms with Gasteiger partial charge in [-0.2, -0.15) is 0 Å². The molecular formula is C16H16BrN5S. The SMILES string of the molecule is Brc1cnc2ccc(Nc3nnc(C4CCCCC4)s3)nc2c1. The van der Waals surface area contributed by atoms with E-state index in [-0.39, 0.29) is 0 Å². The summed E-state index contributed by atoms with van der Waals surface area (Å²) in [6.07, 6.45) is 8.22. The monoisotopic (exact) mass is 389 g/mol. The normalized spacial score (nSPS) is 15.9. The van der Waals surface area contributed by atoms with Crippen LogP contribution >= 0.6 is 27.3 Å². The first kappa shape index (κ1) is 15.0. The molecule has 0 atom stereocenters. The molecule has 1 aliphatic rings. The average Bonchev–Trinajstić information content (AvgIpc) is 3.04. The quantitative estimate of drug-likeness (QED) is 0.679. The zero-order valence-electron chi connectivity index (χ0n) is 12.5. The fraction of sp³-hybridized carbons (Fsp3) is 0.375. The number of rotatable bonds is 3. The fourth-order valence-corrected chi connectivity index (χ4v) is 4.20. The predicted octanol–water partition coefficient (Wildman–Crippen LogP) is 5.04. The Hall–Kier alpha value is -1.60. The molecule has 0 saturated heterocycles. The van der Waals surface area contributed by atoms with Crippen LogP contribution < -0.4 is 5.32 Å². The molecule has 0 aliphatic heterocycles. The summed E-state index contributed by atoms with van der Waals surface area (Å²) in [5.41, 5.74) is 1.72. The Morgan fingerprint density at radius 2 is 1.96 bits per heavy atom. The molecule has 0 bridgehead atoms. The molecule has 0 spiro atoms. The van der Waals surface area contributed by atoms with Gasteiger partial charge >= 0.3 is 0 Å². The van der Waals surface area contributed by atoms with Crippen LogP contribution in [0.25, 0.3) is 11.0 Å². The van der Waals surface area contributed by atoms with Crippen LogP contribution in [0.15, 0.2) is 28.9 Å². The lowest BCUT2D eigenvalue weighted by Crippen LogP contribution is -2.03. The molecule has 5 nitrogen and oxygen atoms in total. The van der Waals surface area contributed by atoms with Gasteiger partial charge in [-0.25, -0.2) is 4.98 Å². The van der Waals surface area contributed by atoms with Crippen LogP contribution in [0.1, 0.15) is 43.0 Å². The minimum absolute atomic E-state index is 0.585.